The topological polar surface area (TPSA) is 105 Å². The van der Waals surface area contributed by atoms with Crippen LogP contribution in [0.2, 0.25) is 5.15 Å². The van der Waals surface area contributed by atoms with Crippen LogP contribution in [-0.2, 0) is 11.3 Å². The average molecular weight is 461 g/mol. The number of carbonyl (C=O) groups excluding carboxylic acids is 1. The maximum atomic E-state index is 14.8. The molecule has 1 N–H and O–H groups in total. The summed E-state index contributed by atoms with van der Waals surface area (Å²) in [5.41, 5.74) is 0.267. The highest BCUT2D eigenvalue weighted by molar-refractivity contribution is 6.29. The number of fused-ring (bicyclic) bond motifs is 1. The van der Waals surface area contributed by atoms with Crippen LogP contribution >= 0.6 is 11.6 Å². The van der Waals surface area contributed by atoms with E-state index in [1.807, 2.05) is 0 Å². The van der Waals surface area contributed by atoms with Crippen molar-refractivity contribution in [3.05, 3.63) is 80.8 Å². The minimum Gasteiger partial charge on any atom is -0.303 e. The fourth-order valence-electron chi connectivity index (χ4n) is 3.03. The molecule has 0 aliphatic heterocycles. The van der Waals surface area contributed by atoms with E-state index in [4.69, 9.17) is 16.4 Å². The van der Waals surface area contributed by atoms with Gasteiger partial charge in [-0.3, -0.25) is 18.8 Å². The first-order chi connectivity index (χ1) is 15.3. The Kier molecular flexibility index (Phi) is 5.68. The molecule has 9 nitrogen and oxygen atoms in total. The molecule has 3 heterocycles. The summed E-state index contributed by atoms with van der Waals surface area (Å²) in [5, 5.41) is 1.23. The Bertz CT molecular complexity index is 1400. The van der Waals surface area contributed by atoms with Crippen LogP contribution in [0.25, 0.3) is 17.2 Å². The van der Waals surface area contributed by atoms with Crippen LogP contribution in [-0.4, -0.2) is 49.5 Å². The van der Waals surface area contributed by atoms with Gasteiger partial charge >= 0.3 is 0 Å². The summed E-state index contributed by atoms with van der Waals surface area (Å²) in [5.74, 6) is -2.16. The van der Waals surface area contributed by atoms with Gasteiger partial charge in [0.15, 0.2) is 11.5 Å². The number of H-pyrrole nitrogens is 1. The normalized spacial score (nSPS) is 11.2. The SMILES string of the molecule is CON(C)C(=O)c1ccc(Cc2nc(-c3ncc(F)c(=O)[nH]3)cn3c(Cl)cnc23)c(F)c1. The van der Waals surface area contributed by atoms with E-state index in [1.54, 1.807) is 0 Å². The predicted octanol–water partition coefficient (Wildman–Crippen LogP) is 2.64. The highest BCUT2D eigenvalue weighted by Crippen LogP contribution is 2.23. The number of carbonyl (C=O) groups is 1. The number of imidazole rings is 1. The number of amides is 1. The minimum absolute atomic E-state index is 0.00344. The second-order valence-corrected chi connectivity index (χ2v) is 7.11. The lowest BCUT2D eigenvalue weighted by Crippen LogP contribution is -2.25. The summed E-state index contributed by atoms with van der Waals surface area (Å²) < 4.78 is 29.6. The molecule has 0 spiro atoms. The smallest absolute Gasteiger partial charge is 0.287 e. The van der Waals surface area contributed by atoms with Crippen molar-refractivity contribution in [2.75, 3.05) is 14.2 Å². The van der Waals surface area contributed by atoms with E-state index in [9.17, 15) is 18.4 Å². The van der Waals surface area contributed by atoms with Crippen LogP contribution in [0.15, 0.2) is 41.6 Å². The van der Waals surface area contributed by atoms with E-state index in [-0.39, 0.29) is 34.2 Å². The zero-order valence-corrected chi connectivity index (χ0v) is 17.5. The molecule has 0 saturated heterocycles. The third-order valence-electron chi connectivity index (χ3n) is 4.73. The molecule has 12 heteroatoms. The van der Waals surface area contributed by atoms with Crippen molar-refractivity contribution in [3.8, 4) is 11.5 Å². The van der Waals surface area contributed by atoms with Gasteiger partial charge in [-0.1, -0.05) is 17.7 Å². The first-order valence-electron chi connectivity index (χ1n) is 9.16. The Morgan fingerprint density at radius 3 is 2.72 bits per heavy atom. The molecular weight excluding hydrogens is 446 g/mol. The molecule has 4 aromatic rings. The number of hydroxylamine groups is 2. The zero-order valence-electron chi connectivity index (χ0n) is 16.8. The first kappa shape index (κ1) is 21.5. The summed E-state index contributed by atoms with van der Waals surface area (Å²) in [6.45, 7) is 0. The molecule has 0 fully saturated rings. The summed E-state index contributed by atoms with van der Waals surface area (Å²) in [6, 6.07) is 4.03. The Labute approximate surface area is 184 Å². The van der Waals surface area contributed by atoms with E-state index < -0.39 is 23.1 Å². The molecule has 32 heavy (non-hydrogen) atoms. The lowest BCUT2D eigenvalue weighted by molar-refractivity contribution is -0.0757. The highest BCUT2D eigenvalue weighted by Gasteiger charge is 2.18. The van der Waals surface area contributed by atoms with Gasteiger partial charge in [0.05, 0.1) is 25.2 Å². The molecule has 0 aliphatic rings. The van der Waals surface area contributed by atoms with Crippen molar-refractivity contribution in [3.63, 3.8) is 0 Å². The Balaban J connectivity index is 1.77. The van der Waals surface area contributed by atoms with Crippen LogP contribution in [0.3, 0.4) is 0 Å². The third kappa shape index (κ3) is 3.95. The van der Waals surface area contributed by atoms with E-state index >= 15 is 0 Å². The summed E-state index contributed by atoms with van der Waals surface area (Å²) in [4.78, 5) is 43.4. The van der Waals surface area contributed by atoms with Crippen molar-refractivity contribution in [1.82, 2.24) is 29.4 Å². The maximum Gasteiger partial charge on any atom is 0.287 e. The second-order valence-electron chi connectivity index (χ2n) is 6.72. The molecule has 0 bridgehead atoms. The molecular formula is C20H15ClF2N6O3. The third-order valence-corrected chi connectivity index (χ3v) is 5.01. The van der Waals surface area contributed by atoms with Gasteiger partial charge in [0.25, 0.3) is 11.5 Å². The van der Waals surface area contributed by atoms with Gasteiger partial charge in [-0.25, -0.2) is 24.4 Å². The molecule has 3 aromatic heterocycles. The van der Waals surface area contributed by atoms with Gasteiger partial charge in [0, 0.05) is 25.2 Å². The molecule has 0 radical (unpaired) electrons. The van der Waals surface area contributed by atoms with Gasteiger partial charge in [-0.2, -0.15) is 4.39 Å². The lowest BCUT2D eigenvalue weighted by Gasteiger charge is -2.14. The van der Waals surface area contributed by atoms with Crippen LogP contribution in [0.1, 0.15) is 21.6 Å². The zero-order chi connectivity index (χ0) is 23.0. The second kappa shape index (κ2) is 8.44. The Morgan fingerprint density at radius 1 is 1.25 bits per heavy atom. The van der Waals surface area contributed by atoms with Crippen molar-refractivity contribution in [1.29, 1.82) is 0 Å². The quantitative estimate of drug-likeness (QED) is 0.459. The maximum absolute atomic E-state index is 14.8. The summed E-state index contributed by atoms with van der Waals surface area (Å²) in [7, 11) is 2.74. The molecule has 0 atom stereocenters. The van der Waals surface area contributed by atoms with E-state index in [2.05, 4.69) is 19.9 Å². The number of nitrogens with one attached hydrogen (secondary N) is 1. The van der Waals surface area contributed by atoms with Gasteiger partial charge < -0.3 is 4.98 Å². The van der Waals surface area contributed by atoms with Crippen molar-refractivity contribution in [2.24, 2.45) is 0 Å². The molecule has 0 saturated carbocycles. The van der Waals surface area contributed by atoms with Crippen molar-refractivity contribution >= 4 is 23.2 Å². The molecule has 4 rings (SSSR count). The molecule has 0 aliphatic carbocycles. The number of halogens is 3. The largest absolute Gasteiger partial charge is 0.303 e. The lowest BCUT2D eigenvalue weighted by atomic mass is 10.1. The molecule has 0 unspecified atom stereocenters. The van der Waals surface area contributed by atoms with Crippen molar-refractivity contribution < 1.29 is 18.4 Å². The van der Waals surface area contributed by atoms with E-state index in [0.717, 1.165) is 17.3 Å². The van der Waals surface area contributed by atoms with Gasteiger partial charge in [-0.05, 0) is 17.7 Å². The highest BCUT2D eigenvalue weighted by atomic mass is 35.5. The van der Waals surface area contributed by atoms with Gasteiger partial charge in [0.2, 0.25) is 5.82 Å². The van der Waals surface area contributed by atoms with E-state index in [0.29, 0.717) is 11.3 Å². The monoisotopic (exact) mass is 460 g/mol. The number of nitrogens with zero attached hydrogens (tertiary/aromatic N) is 5. The van der Waals surface area contributed by atoms with Crippen LogP contribution < -0.4 is 5.56 Å². The standard InChI is InChI=1S/C20H15ClF2N6O3/c1-28(32-2)20(31)11-4-3-10(12(22)5-11)6-14-18-25-8-16(21)29(18)9-15(26-14)17-24-7-13(23)19(30)27-17/h3-5,7-9H,6H2,1-2H3,(H,24,27,30). The molecule has 1 aromatic carbocycles. The number of hydrogen-bond donors (Lipinski definition) is 1. The predicted molar refractivity (Wildman–Crippen MR) is 110 cm³/mol. The number of benzene rings is 1. The molecule has 164 valence electrons. The number of aromatic amines is 1. The van der Waals surface area contributed by atoms with Crippen LogP contribution in [0, 0.1) is 11.6 Å². The number of aromatic nitrogens is 5. The minimum atomic E-state index is -1.04. The van der Waals surface area contributed by atoms with Gasteiger partial charge in [-0.15, -0.1) is 0 Å². The number of rotatable bonds is 5. The molecule has 1 amide bonds. The van der Waals surface area contributed by atoms with E-state index in [1.165, 1.54) is 43.1 Å². The fourth-order valence-corrected chi connectivity index (χ4v) is 3.21. The van der Waals surface area contributed by atoms with Crippen LogP contribution in [0.5, 0.6) is 0 Å². The Morgan fingerprint density at radius 2 is 2.03 bits per heavy atom. The van der Waals surface area contributed by atoms with Crippen molar-refractivity contribution in [2.45, 2.75) is 6.42 Å². The Hall–Kier alpha value is -3.70. The average Bonchev–Trinajstić information content (AvgIpc) is 3.16. The number of hydrogen-bond acceptors (Lipinski definition) is 6. The first-order valence-corrected chi connectivity index (χ1v) is 9.54. The van der Waals surface area contributed by atoms with Gasteiger partial charge in [0.1, 0.15) is 16.7 Å². The summed E-state index contributed by atoms with van der Waals surface area (Å²) in [6.07, 6.45) is 3.65. The fraction of sp³-hybridized carbons (Fsp3) is 0.150. The summed E-state index contributed by atoms with van der Waals surface area (Å²) >= 11 is 6.19. The van der Waals surface area contributed by atoms with Crippen LogP contribution in [0.4, 0.5) is 8.78 Å².